The fourth-order valence-electron chi connectivity index (χ4n) is 2.67. The zero-order valence-corrected chi connectivity index (χ0v) is 16.1. The summed E-state index contributed by atoms with van der Waals surface area (Å²) in [5.74, 6) is -0.721. The predicted molar refractivity (Wildman–Crippen MR) is 106 cm³/mol. The molecular weight excluding hydrogens is 398 g/mol. The topological polar surface area (TPSA) is 86.2 Å². The van der Waals surface area contributed by atoms with Crippen LogP contribution in [0.3, 0.4) is 0 Å². The number of rotatable bonds is 7. The number of nitrogens with zero attached hydrogens (tertiary/aromatic N) is 1. The number of anilines is 1. The van der Waals surface area contributed by atoms with Gasteiger partial charge in [0.25, 0.3) is 0 Å². The lowest BCUT2D eigenvalue weighted by molar-refractivity contribution is -0.130. The average molecular weight is 416 g/mol. The highest BCUT2D eigenvalue weighted by molar-refractivity contribution is 6.13. The molecule has 0 spiro atoms. The van der Waals surface area contributed by atoms with Crippen molar-refractivity contribution in [2.45, 2.75) is 20.5 Å². The molecule has 0 fully saturated rings. The van der Waals surface area contributed by atoms with Crippen LogP contribution < -0.4 is 14.8 Å². The predicted octanol–water partition coefficient (Wildman–Crippen LogP) is 3.99. The number of benzene rings is 2. The van der Waals surface area contributed by atoms with Crippen molar-refractivity contribution in [1.29, 1.82) is 0 Å². The van der Waals surface area contributed by atoms with Gasteiger partial charge >= 0.3 is 12.6 Å². The normalized spacial score (nSPS) is 14.5. The molecule has 3 rings (SSSR count). The minimum Gasteiger partial charge on any atom is -0.490 e. The van der Waals surface area contributed by atoms with Crippen molar-refractivity contribution >= 4 is 29.5 Å². The molecule has 1 aliphatic heterocycles. The van der Waals surface area contributed by atoms with Gasteiger partial charge in [-0.05, 0) is 55.0 Å². The molecule has 1 aliphatic rings. The van der Waals surface area contributed by atoms with Gasteiger partial charge in [0.05, 0.1) is 6.61 Å². The molecule has 156 valence electrons. The molecular formula is C21H18F2N2O5. The van der Waals surface area contributed by atoms with Crippen LogP contribution in [0, 0.1) is 0 Å². The zero-order chi connectivity index (χ0) is 21.7. The Balaban J connectivity index is 1.84. The molecule has 7 nitrogen and oxygen atoms in total. The molecule has 1 N–H and O–H groups in total. The molecule has 0 bridgehead atoms. The Hall–Kier alpha value is -3.75. The highest BCUT2D eigenvalue weighted by atomic mass is 19.3. The third-order valence-electron chi connectivity index (χ3n) is 3.86. The first kappa shape index (κ1) is 21.0. The Morgan fingerprint density at radius 1 is 1.20 bits per heavy atom. The summed E-state index contributed by atoms with van der Waals surface area (Å²) >= 11 is 0. The Morgan fingerprint density at radius 3 is 2.57 bits per heavy atom. The SMILES string of the molecule is CCOc1cc(/C=C2\N=C(c3ccc(NC(C)=O)cc3)OC2=O)ccc1OC(F)F. The van der Waals surface area contributed by atoms with E-state index >= 15 is 0 Å². The third-order valence-corrected chi connectivity index (χ3v) is 3.86. The number of ether oxygens (including phenoxy) is 3. The van der Waals surface area contributed by atoms with Crippen LogP contribution in [0.5, 0.6) is 11.5 Å². The fraction of sp³-hybridized carbons (Fsp3) is 0.190. The van der Waals surface area contributed by atoms with Crippen molar-refractivity contribution in [1.82, 2.24) is 0 Å². The third kappa shape index (κ3) is 5.19. The van der Waals surface area contributed by atoms with Gasteiger partial charge in [-0.2, -0.15) is 8.78 Å². The van der Waals surface area contributed by atoms with Crippen molar-refractivity contribution in [3.63, 3.8) is 0 Å². The summed E-state index contributed by atoms with van der Waals surface area (Å²) in [4.78, 5) is 27.5. The van der Waals surface area contributed by atoms with Crippen molar-refractivity contribution in [2.75, 3.05) is 11.9 Å². The van der Waals surface area contributed by atoms with Gasteiger partial charge in [-0.25, -0.2) is 9.79 Å². The van der Waals surface area contributed by atoms with Crippen molar-refractivity contribution < 1.29 is 32.6 Å². The summed E-state index contributed by atoms with van der Waals surface area (Å²) < 4.78 is 40.0. The van der Waals surface area contributed by atoms with E-state index in [1.807, 2.05) is 0 Å². The molecule has 1 amide bonds. The number of amides is 1. The highest BCUT2D eigenvalue weighted by Crippen LogP contribution is 2.31. The number of halogens is 2. The van der Waals surface area contributed by atoms with Crippen molar-refractivity contribution in [3.05, 3.63) is 59.3 Å². The maximum Gasteiger partial charge on any atom is 0.387 e. The first-order chi connectivity index (χ1) is 14.4. The maximum atomic E-state index is 12.5. The molecule has 9 heteroatoms. The van der Waals surface area contributed by atoms with Crippen LogP contribution >= 0.6 is 0 Å². The van der Waals surface area contributed by atoms with Crippen molar-refractivity contribution in [3.8, 4) is 11.5 Å². The van der Waals surface area contributed by atoms with Gasteiger partial charge in [-0.1, -0.05) is 6.07 Å². The highest BCUT2D eigenvalue weighted by Gasteiger charge is 2.24. The first-order valence-electron chi connectivity index (χ1n) is 8.98. The van der Waals surface area contributed by atoms with Crippen LogP contribution in [0.1, 0.15) is 25.0 Å². The molecule has 0 aliphatic carbocycles. The van der Waals surface area contributed by atoms with E-state index < -0.39 is 12.6 Å². The summed E-state index contributed by atoms with van der Waals surface area (Å²) in [6, 6.07) is 10.9. The van der Waals surface area contributed by atoms with Crippen LogP contribution in [-0.2, 0) is 14.3 Å². The number of aliphatic imine (C=N–C) groups is 1. The van der Waals surface area contributed by atoms with Gasteiger partial charge in [0.2, 0.25) is 11.8 Å². The maximum absolute atomic E-state index is 12.5. The lowest BCUT2D eigenvalue weighted by atomic mass is 10.1. The standard InChI is InChI=1S/C21H18F2N2O5/c1-3-28-18-11-13(4-9-17(18)29-21(22)23)10-16-20(27)30-19(25-16)14-5-7-15(8-6-14)24-12(2)26/h4-11,21H,3H2,1-2H3,(H,24,26)/b16-10-. The van der Waals surface area contributed by atoms with Gasteiger partial charge in [0.1, 0.15) is 0 Å². The number of hydrogen-bond acceptors (Lipinski definition) is 6. The second-order valence-corrected chi connectivity index (χ2v) is 6.11. The molecule has 1 heterocycles. The molecule has 0 saturated carbocycles. The summed E-state index contributed by atoms with van der Waals surface area (Å²) in [6.45, 7) is 0.372. The number of alkyl halides is 2. The summed E-state index contributed by atoms with van der Waals surface area (Å²) in [5, 5.41) is 2.64. The molecule has 30 heavy (non-hydrogen) atoms. The number of hydrogen-bond donors (Lipinski definition) is 1. The Bertz CT molecular complexity index is 1020. The number of esters is 1. The molecule has 0 radical (unpaired) electrons. The fourth-order valence-corrected chi connectivity index (χ4v) is 2.67. The van der Waals surface area contributed by atoms with Crippen molar-refractivity contribution in [2.24, 2.45) is 4.99 Å². The molecule has 0 atom stereocenters. The quantitative estimate of drug-likeness (QED) is 0.545. The number of cyclic esters (lactones) is 1. The second-order valence-electron chi connectivity index (χ2n) is 6.11. The lowest BCUT2D eigenvalue weighted by Gasteiger charge is -2.11. The van der Waals surface area contributed by atoms with Crippen LogP contribution in [0.15, 0.2) is 53.2 Å². The molecule has 0 aromatic heterocycles. The van der Waals surface area contributed by atoms with E-state index in [1.165, 1.54) is 31.2 Å². The van der Waals surface area contributed by atoms with Crippen LogP contribution in [0.2, 0.25) is 0 Å². The second kappa shape index (κ2) is 9.17. The van der Waals surface area contributed by atoms with Gasteiger partial charge < -0.3 is 19.5 Å². The van der Waals surface area contributed by atoms with E-state index in [9.17, 15) is 18.4 Å². The molecule has 2 aromatic rings. The van der Waals surface area contributed by atoms with Crippen LogP contribution in [-0.4, -0.2) is 31.0 Å². The lowest BCUT2D eigenvalue weighted by Crippen LogP contribution is -2.07. The van der Waals surface area contributed by atoms with E-state index in [4.69, 9.17) is 9.47 Å². The largest absolute Gasteiger partial charge is 0.490 e. The average Bonchev–Trinajstić information content (AvgIpc) is 3.04. The van der Waals surface area contributed by atoms with E-state index in [2.05, 4.69) is 15.0 Å². The Labute approximate surface area is 171 Å². The van der Waals surface area contributed by atoms with Gasteiger partial charge in [-0.15, -0.1) is 0 Å². The van der Waals surface area contributed by atoms with E-state index in [-0.39, 0.29) is 35.6 Å². The summed E-state index contributed by atoms with van der Waals surface area (Å²) in [5.41, 5.74) is 1.69. The molecule has 0 unspecified atom stereocenters. The Kier molecular flexibility index (Phi) is 6.41. The van der Waals surface area contributed by atoms with E-state index in [1.54, 1.807) is 31.2 Å². The first-order valence-corrected chi connectivity index (χ1v) is 8.98. The number of carbonyl (C=O) groups excluding carboxylic acids is 2. The van der Waals surface area contributed by atoms with E-state index in [0.717, 1.165) is 0 Å². The molecule has 0 saturated heterocycles. The van der Waals surface area contributed by atoms with Crippen LogP contribution in [0.4, 0.5) is 14.5 Å². The zero-order valence-electron chi connectivity index (χ0n) is 16.1. The summed E-state index contributed by atoms with van der Waals surface area (Å²) in [6.07, 6.45) is 1.45. The molecule has 2 aromatic carbocycles. The van der Waals surface area contributed by atoms with E-state index in [0.29, 0.717) is 16.8 Å². The monoisotopic (exact) mass is 416 g/mol. The van der Waals surface area contributed by atoms with Crippen LogP contribution in [0.25, 0.3) is 6.08 Å². The number of nitrogens with one attached hydrogen (secondary N) is 1. The minimum absolute atomic E-state index is 0.0425. The smallest absolute Gasteiger partial charge is 0.387 e. The Morgan fingerprint density at radius 2 is 1.93 bits per heavy atom. The summed E-state index contributed by atoms with van der Waals surface area (Å²) in [7, 11) is 0. The number of carbonyl (C=O) groups is 2. The van der Waals surface area contributed by atoms with Gasteiger partial charge in [0.15, 0.2) is 17.2 Å². The minimum atomic E-state index is -2.98. The van der Waals surface area contributed by atoms with Gasteiger partial charge in [0, 0.05) is 18.2 Å². The van der Waals surface area contributed by atoms with Gasteiger partial charge in [-0.3, -0.25) is 4.79 Å².